The van der Waals surface area contributed by atoms with Gasteiger partial charge in [0.25, 0.3) is 0 Å². The molecule has 2 nitrogen and oxygen atoms in total. The minimum absolute atomic E-state index is 0.0910. The van der Waals surface area contributed by atoms with E-state index in [2.05, 4.69) is 9.47 Å². The van der Waals surface area contributed by atoms with Crippen LogP contribution in [0.4, 0.5) is 13.2 Å². The van der Waals surface area contributed by atoms with Gasteiger partial charge in [-0.15, -0.1) is 24.8 Å². The SMILES string of the molecule is FC(F)(F)OCCOCCCl. The second kappa shape index (κ2) is 5.62. The number of halogens is 4. The molecule has 0 N–H and O–H groups in total. The molecule has 0 atom stereocenters. The van der Waals surface area contributed by atoms with E-state index < -0.39 is 13.0 Å². The first-order valence-corrected chi connectivity index (χ1v) is 3.44. The van der Waals surface area contributed by atoms with Crippen molar-refractivity contribution >= 4 is 11.6 Å². The predicted molar refractivity (Wildman–Crippen MR) is 33.5 cm³/mol. The zero-order valence-electron chi connectivity index (χ0n) is 5.66. The van der Waals surface area contributed by atoms with Gasteiger partial charge in [-0.25, -0.2) is 0 Å². The number of ether oxygens (including phenoxy) is 2. The summed E-state index contributed by atoms with van der Waals surface area (Å²) in [6.45, 7) is -0.338. The Labute approximate surface area is 67.2 Å². The predicted octanol–water partition coefficient (Wildman–Crippen LogP) is 1.78. The lowest BCUT2D eigenvalue weighted by atomic mass is 10.7. The molecule has 0 unspecified atom stereocenters. The first-order chi connectivity index (χ1) is 5.06. The Hall–Kier alpha value is 0. The highest BCUT2D eigenvalue weighted by Crippen LogP contribution is 2.15. The first kappa shape index (κ1) is 11.0. The summed E-state index contributed by atoms with van der Waals surface area (Å²) in [4.78, 5) is 0. The molecule has 0 amide bonds. The average Bonchev–Trinajstić information content (AvgIpc) is 1.85. The Morgan fingerprint density at radius 2 is 1.73 bits per heavy atom. The largest absolute Gasteiger partial charge is 0.522 e. The number of hydrogen-bond acceptors (Lipinski definition) is 2. The topological polar surface area (TPSA) is 18.5 Å². The van der Waals surface area contributed by atoms with Gasteiger partial charge in [0.15, 0.2) is 0 Å². The van der Waals surface area contributed by atoms with Gasteiger partial charge in [-0.3, -0.25) is 4.74 Å². The van der Waals surface area contributed by atoms with Crippen molar-refractivity contribution in [2.75, 3.05) is 25.7 Å². The molecule has 0 heterocycles. The van der Waals surface area contributed by atoms with Crippen molar-refractivity contribution in [2.45, 2.75) is 6.36 Å². The highest BCUT2D eigenvalue weighted by atomic mass is 35.5. The second-order valence-corrected chi connectivity index (χ2v) is 1.97. The van der Waals surface area contributed by atoms with Crippen molar-refractivity contribution in [1.29, 1.82) is 0 Å². The van der Waals surface area contributed by atoms with Crippen LogP contribution in [0.1, 0.15) is 0 Å². The quantitative estimate of drug-likeness (QED) is 0.488. The third kappa shape index (κ3) is 10.0. The van der Waals surface area contributed by atoms with E-state index in [1.54, 1.807) is 0 Å². The molecule has 0 aliphatic heterocycles. The zero-order valence-corrected chi connectivity index (χ0v) is 6.41. The van der Waals surface area contributed by atoms with Gasteiger partial charge in [0.1, 0.15) is 0 Å². The smallest absolute Gasteiger partial charge is 0.378 e. The summed E-state index contributed by atoms with van der Waals surface area (Å²) in [5, 5.41) is 0. The number of hydrogen-bond donors (Lipinski definition) is 0. The third-order valence-electron chi connectivity index (χ3n) is 0.715. The minimum Gasteiger partial charge on any atom is -0.378 e. The van der Waals surface area contributed by atoms with Crippen LogP contribution < -0.4 is 0 Å². The van der Waals surface area contributed by atoms with Crippen LogP contribution >= 0.6 is 11.6 Å². The molecule has 11 heavy (non-hydrogen) atoms. The summed E-state index contributed by atoms with van der Waals surface area (Å²) in [5.74, 6) is 0.270. The molecule has 0 radical (unpaired) electrons. The summed E-state index contributed by atoms with van der Waals surface area (Å²) >= 11 is 5.18. The van der Waals surface area contributed by atoms with Crippen LogP contribution in [0.15, 0.2) is 0 Å². The Morgan fingerprint density at radius 3 is 2.18 bits per heavy atom. The van der Waals surface area contributed by atoms with E-state index in [9.17, 15) is 13.2 Å². The molecule has 0 aromatic carbocycles. The lowest BCUT2D eigenvalue weighted by Crippen LogP contribution is -2.17. The summed E-state index contributed by atoms with van der Waals surface area (Å²) in [7, 11) is 0. The summed E-state index contributed by atoms with van der Waals surface area (Å²) in [6.07, 6.45) is -4.57. The van der Waals surface area contributed by atoms with Crippen LogP contribution in [0.2, 0.25) is 0 Å². The molecule has 0 aliphatic rings. The number of alkyl halides is 4. The van der Waals surface area contributed by atoms with Crippen molar-refractivity contribution in [3.63, 3.8) is 0 Å². The van der Waals surface area contributed by atoms with E-state index in [4.69, 9.17) is 11.6 Å². The molecule has 0 aromatic rings. The first-order valence-electron chi connectivity index (χ1n) is 2.90. The molecule has 68 valence electrons. The average molecular weight is 193 g/mol. The standard InChI is InChI=1S/C5H8ClF3O2/c6-1-2-10-3-4-11-5(7,8)9/h1-4H2. The molecule has 6 heteroatoms. The minimum atomic E-state index is -4.57. The molecular weight excluding hydrogens is 184 g/mol. The lowest BCUT2D eigenvalue weighted by molar-refractivity contribution is -0.326. The Kier molecular flexibility index (Phi) is 5.62. The van der Waals surface area contributed by atoms with E-state index in [0.29, 0.717) is 0 Å². The van der Waals surface area contributed by atoms with Gasteiger partial charge < -0.3 is 4.74 Å². The van der Waals surface area contributed by atoms with Gasteiger partial charge in [-0.2, -0.15) is 0 Å². The fourth-order valence-electron chi connectivity index (χ4n) is 0.373. The van der Waals surface area contributed by atoms with Gasteiger partial charge in [0, 0.05) is 5.88 Å². The third-order valence-corrected chi connectivity index (χ3v) is 0.869. The van der Waals surface area contributed by atoms with Gasteiger partial charge in [0.2, 0.25) is 0 Å². The van der Waals surface area contributed by atoms with E-state index in [1.165, 1.54) is 0 Å². The zero-order chi connectivity index (χ0) is 8.74. The van der Waals surface area contributed by atoms with Crippen LogP contribution in [0.3, 0.4) is 0 Å². The van der Waals surface area contributed by atoms with Crippen molar-refractivity contribution in [3.05, 3.63) is 0 Å². The maximum absolute atomic E-state index is 11.3. The number of rotatable bonds is 5. The molecule has 0 saturated carbocycles. The summed E-state index contributed by atoms with van der Waals surface area (Å²) in [5.41, 5.74) is 0. The molecular formula is C5H8ClF3O2. The maximum atomic E-state index is 11.3. The van der Waals surface area contributed by atoms with E-state index >= 15 is 0 Å². The fourth-order valence-corrected chi connectivity index (χ4v) is 0.482. The van der Waals surface area contributed by atoms with Crippen LogP contribution in [0.25, 0.3) is 0 Å². The van der Waals surface area contributed by atoms with Crippen molar-refractivity contribution in [1.82, 2.24) is 0 Å². The van der Waals surface area contributed by atoms with Gasteiger partial charge in [-0.05, 0) is 0 Å². The van der Waals surface area contributed by atoms with E-state index in [-0.39, 0.29) is 19.1 Å². The van der Waals surface area contributed by atoms with Gasteiger partial charge in [0.05, 0.1) is 19.8 Å². The van der Waals surface area contributed by atoms with Gasteiger partial charge >= 0.3 is 6.36 Å². The van der Waals surface area contributed by atoms with Crippen molar-refractivity contribution < 1.29 is 22.6 Å². The second-order valence-electron chi connectivity index (χ2n) is 1.60. The van der Waals surface area contributed by atoms with Crippen LogP contribution in [0, 0.1) is 0 Å². The maximum Gasteiger partial charge on any atom is 0.522 e. The molecule has 0 aliphatic carbocycles. The van der Waals surface area contributed by atoms with E-state index in [0.717, 1.165) is 0 Å². The fraction of sp³-hybridized carbons (Fsp3) is 1.00. The highest BCUT2D eigenvalue weighted by Gasteiger charge is 2.28. The van der Waals surface area contributed by atoms with Crippen LogP contribution in [0.5, 0.6) is 0 Å². The summed E-state index contributed by atoms with van der Waals surface area (Å²) in [6, 6.07) is 0. The Bertz CT molecular complexity index is 96.2. The van der Waals surface area contributed by atoms with Gasteiger partial charge in [-0.1, -0.05) is 0 Å². The van der Waals surface area contributed by atoms with Crippen molar-refractivity contribution in [2.24, 2.45) is 0 Å². The monoisotopic (exact) mass is 192 g/mol. The molecule has 0 aromatic heterocycles. The van der Waals surface area contributed by atoms with Crippen LogP contribution in [-0.4, -0.2) is 32.1 Å². The normalized spacial score (nSPS) is 12.0. The molecule has 0 saturated heterocycles. The molecule has 0 fully saturated rings. The Balaban J connectivity index is 3.02. The highest BCUT2D eigenvalue weighted by molar-refractivity contribution is 6.17. The molecule has 0 bridgehead atoms. The van der Waals surface area contributed by atoms with Crippen LogP contribution in [-0.2, 0) is 9.47 Å². The van der Waals surface area contributed by atoms with E-state index in [1.807, 2.05) is 0 Å². The Morgan fingerprint density at radius 1 is 1.09 bits per heavy atom. The molecule has 0 rings (SSSR count). The summed E-state index contributed by atoms with van der Waals surface area (Å²) < 4.78 is 41.8. The lowest BCUT2D eigenvalue weighted by Gasteiger charge is -2.06. The van der Waals surface area contributed by atoms with Crippen molar-refractivity contribution in [3.8, 4) is 0 Å². The molecule has 0 spiro atoms.